The van der Waals surface area contributed by atoms with Gasteiger partial charge in [0.15, 0.2) is 5.13 Å². The van der Waals surface area contributed by atoms with Crippen LogP contribution in [-0.4, -0.2) is 40.1 Å². The lowest BCUT2D eigenvalue weighted by molar-refractivity contribution is 0.459. The van der Waals surface area contributed by atoms with Crippen molar-refractivity contribution in [2.24, 2.45) is 0 Å². The van der Waals surface area contributed by atoms with Crippen LogP contribution in [0.2, 0.25) is 0 Å². The molecule has 22 heavy (non-hydrogen) atoms. The Hall–Kier alpha value is -1.69. The third-order valence-electron chi connectivity index (χ3n) is 4.54. The highest BCUT2D eigenvalue weighted by Crippen LogP contribution is 2.36. The Balaban J connectivity index is 1.48. The maximum absolute atomic E-state index is 4.54. The number of hydrogen-bond acceptors (Lipinski definition) is 6. The number of anilines is 2. The first kappa shape index (κ1) is 13.9. The van der Waals surface area contributed by atoms with E-state index in [1.807, 2.05) is 13.1 Å². The molecule has 2 aromatic rings. The van der Waals surface area contributed by atoms with Crippen LogP contribution in [0.1, 0.15) is 31.4 Å². The zero-order chi connectivity index (χ0) is 14.9. The minimum Gasteiger partial charge on any atom is -0.350 e. The third kappa shape index (κ3) is 2.79. The molecule has 0 atom stereocenters. The molecule has 1 saturated carbocycles. The van der Waals surface area contributed by atoms with Crippen LogP contribution in [0.5, 0.6) is 0 Å². The van der Waals surface area contributed by atoms with Gasteiger partial charge in [-0.1, -0.05) is 0 Å². The number of aryl methyl sites for hydroxylation is 1. The van der Waals surface area contributed by atoms with Gasteiger partial charge in [-0.2, -0.15) is 0 Å². The molecule has 0 unspecified atom stereocenters. The summed E-state index contributed by atoms with van der Waals surface area (Å²) in [5.41, 5.74) is 1.05. The molecule has 2 aromatic heterocycles. The van der Waals surface area contributed by atoms with Gasteiger partial charge in [-0.15, -0.1) is 11.3 Å². The van der Waals surface area contributed by atoms with Gasteiger partial charge in [0.25, 0.3) is 0 Å². The van der Waals surface area contributed by atoms with Gasteiger partial charge in [0.2, 0.25) is 0 Å². The predicted molar refractivity (Wildman–Crippen MR) is 89.6 cm³/mol. The lowest BCUT2D eigenvalue weighted by atomic mass is 10.0. The monoisotopic (exact) mass is 315 g/mol. The molecule has 0 aromatic carbocycles. The molecular weight excluding hydrogens is 294 g/mol. The smallest absolute Gasteiger partial charge is 0.185 e. The van der Waals surface area contributed by atoms with E-state index in [1.165, 1.54) is 25.7 Å². The molecule has 0 spiro atoms. The van der Waals surface area contributed by atoms with Crippen molar-refractivity contribution in [1.29, 1.82) is 0 Å². The third-order valence-corrected chi connectivity index (χ3v) is 5.37. The van der Waals surface area contributed by atoms with Crippen molar-refractivity contribution in [3.8, 4) is 0 Å². The van der Waals surface area contributed by atoms with E-state index in [1.54, 1.807) is 17.7 Å². The first-order chi connectivity index (χ1) is 10.8. The average molecular weight is 315 g/mol. The van der Waals surface area contributed by atoms with Gasteiger partial charge in [-0.25, -0.2) is 15.0 Å². The lowest BCUT2D eigenvalue weighted by Gasteiger charge is -2.39. The number of nitrogens with zero attached hydrogens (tertiary/aromatic N) is 5. The summed E-state index contributed by atoms with van der Waals surface area (Å²) < 4.78 is 0. The SMILES string of the molecule is Cc1cc(N(C2CC2)C2CCN(c3nccs3)CC2)ncn1. The molecule has 1 saturated heterocycles. The fourth-order valence-corrected chi connectivity index (χ4v) is 4.01. The number of rotatable bonds is 4. The van der Waals surface area contributed by atoms with Crippen LogP contribution in [0, 0.1) is 6.92 Å². The van der Waals surface area contributed by atoms with Crippen molar-refractivity contribution in [1.82, 2.24) is 15.0 Å². The highest BCUT2D eigenvalue weighted by Gasteiger charge is 2.36. The molecule has 116 valence electrons. The summed E-state index contributed by atoms with van der Waals surface area (Å²) in [6.07, 6.45) is 8.56. The van der Waals surface area contributed by atoms with Gasteiger partial charge >= 0.3 is 0 Å². The van der Waals surface area contributed by atoms with Crippen LogP contribution in [0.25, 0.3) is 0 Å². The van der Waals surface area contributed by atoms with Crippen molar-refractivity contribution in [2.75, 3.05) is 22.9 Å². The first-order valence-corrected chi connectivity index (χ1v) is 8.90. The Morgan fingerprint density at radius 3 is 2.50 bits per heavy atom. The van der Waals surface area contributed by atoms with E-state index in [0.717, 1.165) is 29.7 Å². The lowest BCUT2D eigenvalue weighted by Crippen LogP contribution is -2.46. The predicted octanol–water partition coefficient (Wildman–Crippen LogP) is 2.88. The van der Waals surface area contributed by atoms with Gasteiger partial charge < -0.3 is 9.80 Å². The fourth-order valence-electron chi connectivity index (χ4n) is 3.31. The second-order valence-corrected chi connectivity index (χ2v) is 7.06. The number of piperidine rings is 1. The number of aromatic nitrogens is 3. The molecule has 3 heterocycles. The highest BCUT2D eigenvalue weighted by atomic mass is 32.1. The minimum absolute atomic E-state index is 0.595. The van der Waals surface area contributed by atoms with Crippen LogP contribution in [0.3, 0.4) is 0 Å². The average Bonchev–Trinajstić information content (AvgIpc) is 3.21. The second kappa shape index (κ2) is 5.83. The van der Waals surface area contributed by atoms with Crippen molar-refractivity contribution in [2.45, 2.75) is 44.7 Å². The normalized spacial score (nSPS) is 19.4. The maximum atomic E-state index is 4.54. The molecule has 5 nitrogen and oxygen atoms in total. The quantitative estimate of drug-likeness (QED) is 0.868. The Labute approximate surface area is 135 Å². The van der Waals surface area contributed by atoms with Crippen molar-refractivity contribution < 1.29 is 0 Å². The summed E-state index contributed by atoms with van der Waals surface area (Å²) in [5.74, 6) is 1.11. The zero-order valence-corrected chi connectivity index (χ0v) is 13.7. The van der Waals surface area contributed by atoms with E-state index >= 15 is 0 Å². The molecule has 1 aliphatic heterocycles. The van der Waals surface area contributed by atoms with E-state index in [0.29, 0.717) is 12.1 Å². The van der Waals surface area contributed by atoms with E-state index in [9.17, 15) is 0 Å². The van der Waals surface area contributed by atoms with Crippen molar-refractivity contribution >= 4 is 22.3 Å². The molecule has 0 amide bonds. The molecule has 1 aliphatic carbocycles. The molecule has 6 heteroatoms. The Morgan fingerprint density at radius 1 is 1.09 bits per heavy atom. The highest BCUT2D eigenvalue weighted by molar-refractivity contribution is 7.13. The van der Waals surface area contributed by atoms with Crippen LogP contribution < -0.4 is 9.80 Å². The van der Waals surface area contributed by atoms with Gasteiger partial charge in [-0.05, 0) is 32.6 Å². The maximum Gasteiger partial charge on any atom is 0.185 e. The molecule has 0 N–H and O–H groups in total. The largest absolute Gasteiger partial charge is 0.350 e. The fraction of sp³-hybridized carbons (Fsp3) is 0.562. The van der Waals surface area contributed by atoms with Crippen LogP contribution in [0.15, 0.2) is 24.0 Å². The Bertz CT molecular complexity index is 617. The molecule has 2 aliphatic rings. The standard InChI is InChI=1S/C16H21N5S/c1-12-10-15(19-11-18-12)21(13-2-3-13)14-4-7-20(8-5-14)16-17-6-9-22-16/h6,9-11,13-14H,2-5,7-8H2,1H3. The van der Waals surface area contributed by atoms with Crippen molar-refractivity contribution in [3.63, 3.8) is 0 Å². The van der Waals surface area contributed by atoms with Gasteiger partial charge in [-0.3, -0.25) is 0 Å². The van der Waals surface area contributed by atoms with Gasteiger partial charge in [0, 0.05) is 48.5 Å². The molecule has 4 rings (SSSR count). The molecular formula is C16H21N5S. The summed E-state index contributed by atoms with van der Waals surface area (Å²) in [4.78, 5) is 18.2. The topological polar surface area (TPSA) is 45.2 Å². The summed E-state index contributed by atoms with van der Waals surface area (Å²) in [6.45, 7) is 4.22. The zero-order valence-electron chi connectivity index (χ0n) is 12.9. The second-order valence-electron chi connectivity index (χ2n) is 6.19. The molecule has 0 bridgehead atoms. The van der Waals surface area contributed by atoms with E-state index in [4.69, 9.17) is 0 Å². The number of hydrogen-bond donors (Lipinski definition) is 0. The van der Waals surface area contributed by atoms with E-state index in [-0.39, 0.29) is 0 Å². The summed E-state index contributed by atoms with van der Waals surface area (Å²) >= 11 is 1.74. The Morgan fingerprint density at radius 2 is 1.86 bits per heavy atom. The molecule has 2 fully saturated rings. The van der Waals surface area contributed by atoms with Crippen LogP contribution in [0.4, 0.5) is 10.9 Å². The van der Waals surface area contributed by atoms with Gasteiger partial charge in [0.1, 0.15) is 12.1 Å². The van der Waals surface area contributed by atoms with E-state index in [2.05, 4.69) is 36.2 Å². The Kier molecular flexibility index (Phi) is 3.70. The van der Waals surface area contributed by atoms with E-state index < -0.39 is 0 Å². The minimum atomic E-state index is 0.595. The first-order valence-electron chi connectivity index (χ1n) is 8.02. The van der Waals surface area contributed by atoms with Crippen LogP contribution >= 0.6 is 11.3 Å². The molecule has 0 radical (unpaired) electrons. The summed E-state index contributed by atoms with van der Waals surface area (Å²) in [7, 11) is 0. The summed E-state index contributed by atoms with van der Waals surface area (Å²) in [6, 6.07) is 3.41. The van der Waals surface area contributed by atoms with Gasteiger partial charge in [0.05, 0.1) is 0 Å². The van der Waals surface area contributed by atoms with Crippen molar-refractivity contribution in [3.05, 3.63) is 29.7 Å². The van der Waals surface area contributed by atoms with Crippen LogP contribution in [-0.2, 0) is 0 Å². The number of thiazole rings is 1. The summed E-state index contributed by atoms with van der Waals surface area (Å²) in [5, 5.41) is 3.22.